The molecule has 0 saturated carbocycles. The van der Waals surface area contributed by atoms with Crippen molar-refractivity contribution in [2.45, 2.75) is 32.7 Å². The van der Waals surface area contributed by atoms with Crippen LogP contribution in [-0.4, -0.2) is 39.4 Å². The van der Waals surface area contributed by atoms with Gasteiger partial charge in [0, 0.05) is 19.6 Å². The number of imidazole rings is 1. The summed E-state index contributed by atoms with van der Waals surface area (Å²) in [7, 11) is 0. The highest BCUT2D eigenvalue weighted by Crippen LogP contribution is 2.36. The van der Waals surface area contributed by atoms with Crippen LogP contribution < -0.4 is 5.73 Å². The van der Waals surface area contributed by atoms with E-state index in [0.29, 0.717) is 50.3 Å². The molecule has 168 valence electrons. The zero-order valence-corrected chi connectivity index (χ0v) is 18.7. The maximum absolute atomic E-state index is 13.3. The molecule has 3 aromatic rings. The van der Waals surface area contributed by atoms with Crippen molar-refractivity contribution in [2.75, 3.05) is 13.1 Å². The minimum atomic E-state index is -0.645. The summed E-state index contributed by atoms with van der Waals surface area (Å²) in [6.07, 6.45) is 4.89. The van der Waals surface area contributed by atoms with Crippen molar-refractivity contribution >= 4 is 17.5 Å². The predicted octanol–water partition coefficient (Wildman–Crippen LogP) is 3.74. The molecule has 0 aliphatic carbocycles. The Morgan fingerprint density at radius 3 is 2.45 bits per heavy atom. The molecule has 2 amide bonds. The van der Waals surface area contributed by atoms with Crippen molar-refractivity contribution in [1.29, 1.82) is 0 Å². The molecular weight excluding hydrogens is 414 g/mol. The lowest BCUT2D eigenvalue weighted by Gasteiger charge is -2.40. The Morgan fingerprint density at radius 1 is 1.12 bits per heavy atom. The first kappa shape index (κ1) is 22.3. The smallest absolute Gasteiger partial charge is 0.272 e. The Bertz CT molecular complexity index is 1200. The number of amides is 2. The summed E-state index contributed by atoms with van der Waals surface area (Å²) in [5.41, 5.74) is 9.57. The number of aryl methyl sites for hydroxylation is 1. The molecule has 1 aromatic heterocycles. The topological polar surface area (TPSA) is 85.6 Å². The van der Waals surface area contributed by atoms with E-state index in [1.54, 1.807) is 29.6 Å². The molecular formula is C26H27N5O2. The number of benzene rings is 2. The van der Waals surface area contributed by atoms with E-state index in [-0.39, 0.29) is 11.8 Å². The van der Waals surface area contributed by atoms with Gasteiger partial charge in [-0.3, -0.25) is 9.59 Å². The molecule has 1 aliphatic heterocycles. The number of primary amides is 1. The predicted molar refractivity (Wildman–Crippen MR) is 126 cm³/mol. The standard InChI is InChI=1S/C26H27N5O2/c1-19-5-3-4-6-21(19)15-26(25(27)33)11-13-30(14-12-26)24(32)23-16-29-18-31(23)17-20-7-9-22(28-2)10-8-20/h3-10,16,18H,11-15,17H2,1H3,(H2,27,33). The lowest BCUT2D eigenvalue weighted by atomic mass is 9.72. The fourth-order valence-corrected chi connectivity index (χ4v) is 4.48. The Balaban J connectivity index is 1.46. The van der Waals surface area contributed by atoms with Crippen LogP contribution in [0, 0.1) is 18.9 Å². The van der Waals surface area contributed by atoms with Crippen LogP contribution in [0.3, 0.4) is 0 Å². The number of hydrogen-bond acceptors (Lipinski definition) is 3. The summed E-state index contributed by atoms with van der Waals surface area (Å²) in [6.45, 7) is 10.5. The number of piperidine rings is 1. The molecule has 4 rings (SSSR count). The molecule has 0 atom stereocenters. The van der Waals surface area contributed by atoms with E-state index >= 15 is 0 Å². The number of nitrogens with two attached hydrogens (primary N) is 1. The van der Waals surface area contributed by atoms with E-state index in [4.69, 9.17) is 12.3 Å². The second-order valence-electron chi connectivity index (χ2n) is 8.73. The van der Waals surface area contributed by atoms with Gasteiger partial charge in [0.25, 0.3) is 5.91 Å². The molecule has 0 bridgehead atoms. The quantitative estimate of drug-likeness (QED) is 0.591. The fourth-order valence-electron chi connectivity index (χ4n) is 4.48. The van der Waals surface area contributed by atoms with E-state index in [1.807, 2.05) is 47.9 Å². The van der Waals surface area contributed by atoms with Crippen LogP contribution in [0.25, 0.3) is 4.85 Å². The molecule has 1 fully saturated rings. The van der Waals surface area contributed by atoms with Crippen molar-refractivity contribution in [3.63, 3.8) is 0 Å². The highest BCUT2D eigenvalue weighted by Gasteiger charge is 2.41. The maximum atomic E-state index is 13.3. The Labute approximate surface area is 193 Å². The van der Waals surface area contributed by atoms with Gasteiger partial charge < -0.3 is 15.2 Å². The number of aromatic nitrogens is 2. The van der Waals surface area contributed by atoms with Gasteiger partial charge in [0.1, 0.15) is 5.69 Å². The zero-order chi connectivity index (χ0) is 23.4. The third kappa shape index (κ3) is 4.65. The number of likely N-dealkylation sites (tertiary alicyclic amines) is 1. The molecule has 2 heterocycles. The van der Waals surface area contributed by atoms with Gasteiger partial charge in [-0.25, -0.2) is 9.83 Å². The average molecular weight is 442 g/mol. The third-order valence-corrected chi connectivity index (χ3v) is 6.67. The van der Waals surface area contributed by atoms with Crippen molar-refractivity contribution in [3.8, 4) is 0 Å². The van der Waals surface area contributed by atoms with Gasteiger partial charge in [0.2, 0.25) is 5.91 Å². The molecule has 2 N–H and O–H groups in total. The van der Waals surface area contributed by atoms with Crippen LogP contribution in [0.2, 0.25) is 0 Å². The number of rotatable bonds is 6. The van der Waals surface area contributed by atoms with E-state index in [9.17, 15) is 9.59 Å². The third-order valence-electron chi connectivity index (χ3n) is 6.67. The normalized spacial score (nSPS) is 15.1. The van der Waals surface area contributed by atoms with Gasteiger partial charge in [-0.15, -0.1) is 0 Å². The molecule has 1 aliphatic rings. The van der Waals surface area contributed by atoms with Crippen molar-refractivity contribution < 1.29 is 9.59 Å². The van der Waals surface area contributed by atoms with Crippen LogP contribution >= 0.6 is 0 Å². The lowest BCUT2D eigenvalue weighted by Crippen LogP contribution is -2.50. The minimum absolute atomic E-state index is 0.0979. The minimum Gasteiger partial charge on any atom is -0.369 e. The average Bonchev–Trinajstić information content (AvgIpc) is 3.29. The van der Waals surface area contributed by atoms with Gasteiger partial charge in [0.15, 0.2) is 5.69 Å². The van der Waals surface area contributed by atoms with Gasteiger partial charge in [-0.1, -0.05) is 48.5 Å². The summed E-state index contributed by atoms with van der Waals surface area (Å²) in [6, 6.07) is 15.3. The van der Waals surface area contributed by atoms with Crippen LogP contribution in [-0.2, 0) is 17.8 Å². The first-order valence-corrected chi connectivity index (χ1v) is 11.0. The fraction of sp³-hybridized carbons (Fsp3) is 0.308. The van der Waals surface area contributed by atoms with Crippen LogP contribution in [0.5, 0.6) is 0 Å². The largest absolute Gasteiger partial charge is 0.369 e. The van der Waals surface area contributed by atoms with Gasteiger partial charge in [-0.2, -0.15) is 0 Å². The summed E-state index contributed by atoms with van der Waals surface area (Å²) < 4.78 is 1.82. The Kier molecular flexibility index (Phi) is 6.27. The molecule has 0 unspecified atom stereocenters. The maximum Gasteiger partial charge on any atom is 0.272 e. The van der Waals surface area contributed by atoms with Crippen LogP contribution in [0.4, 0.5) is 5.69 Å². The van der Waals surface area contributed by atoms with Crippen LogP contribution in [0.1, 0.15) is 40.0 Å². The monoisotopic (exact) mass is 441 g/mol. The van der Waals surface area contributed by atoms with E-state index in [2.05, 4.69) is 9.83 Å². The van der Waals surface area contributed by atoms with Gasteiger partial charge in [0.05, 0.1) is 24.5 Å². The number of carbonyl (C=O) groups is 2. The molecule has 33 heavy (non-hydrogen) atoms. The van der Waals surface area contributed by atoms with E-state index in [0.717, 1.165) is 16.7 Å². The first-order chi connectivity index (χ1) is 15.9. The molecule has 1 saturated heterocycles. The highest BCUT2D eigenvalue weighted by atomic mass is 16.2. The van der Waals surface area contributed by atoms with Crippen molar-refractivity contribution in [1.82, 2.24) is 14.5 Å². The van der Waals surface area contributed by atoms with E-state index in [1.165, 1.54) is 0 Å². The number of hydrogen-bond donors (Lipinski definition) is 1. The SMILES string of the molecule is [C-]#[N+]c1ccc(Cn2cncc2C(=O)N2CCC(Cc3ccccc3C)(C(N)=O)CC2)cc1. The molecule has 2 aromatic carbocycles. The van der Waals surface area contributed by atoms with Crippen molar-refractivity contribution in [3.05, 3.63) is 94.9 Å². The summed E-state index contributed by atoms with van der Waals surface area (Å²) in [5.74, 6) is -0.398. The molecule has 7 heteroatoms. The number of nitrogens with zero attached hydrogens (tertiary/aromatic N) is 4. The van der Waals surface area contributed by atoms with Gasteiger partial charge >= 0.3 is 0 Å². The molecule has 7 nitrogen and oxygen atoms in total. The van der Waals surface area contributed by atoms with Crippen LogP contribution in [0.15, 0.2) is 61.1 Å². The molecule has 0 radical (unpaired) electrons. The second-order valence-corrected chi connectivity index (χ2v) is 8.73. The lowest BCUT2D eigenvalue weighted by molar-refractivity contribution is -0.130. The van der Waals surface area contributed by atoms with Crippen molar-refractivity contribution in [2.24, 2.45) is 11.1 Å². The Hall–Kier alpha value is -3.92. The number of carbonyl (C=O) groups excluding carboxylic acids is 2. The summed E-state index contributed by atoms with van der Waals surface area (Å²) >= 11 is 0. The summed E-state index contributed by atoms with van der Waals surface area (Å²) in [4.78, 5) is 35.1. The summed E-state index contributed by atoms with van der Waals surface area (Å²) in [5, 5.41) is 0. The highest BCUT2D eigenvalue weighted by molar-refractivity contribution is 5.93. The Morgan fingerprint density at radius 2 is 1.82 bits per heavy atom. The molecule has 0 spiro atoms. The second kappa shape index (κ2) is 9.29. The first-order valence-electron chi connectivity index (χ1n) is 11.0. The van der Waals surface area contributed by atoms with E-state index < -0.39 is 5.41 Å². The van der Waals surface area contributed by atoms with Gasteiger partial charge in [-0.05, 0) is 42.9 Å². The zero-order valence-electron chi connectivity index (χ0n) is 18.7.